The van der Waals surface area contributed by atoms with E-state index in [1.54, 1.807) is 20.3 Å². The van der Waals surface area contributed by atoms with E-state index in [0.29, 0.717) is 17.9 Å². The lowest BCUT2D eigenvalue weighted by atomic mass is 9.57. The maximum absolute atomic E-state index is 13.4. The van der Waals surface area contributed by atoms with E-state index in [1.165, 1.54) is 27.8 Å². The van der Waals surface area contributed by atoms with E-state index in [0.717, 1.165) is 66.2 Å². The zero-order valence-corrected chi connectivity index (χ0v) is 32.7. The van der Waals surface area contributed by atoms with Crippen LogP contribution in [0.1, 0.15) is 61.4 Å². The monoisotopic (exact) mass is 772 g/mol. The number of rotatable bonds is 4. The second kappa shape index (κ2) is 12.6. The number of aryl methyl sites for hydroxylation is 1. The molecular weight excluding hydrogens is 729 g/mol. The van der Waals surface area contributed by atoms with Crippen molar-refractivity contribution in [2.75, 3.05) is 27.3 Å². The first-order chi connectivity index (χ1) is 28.3. The summed E-state index contributed by atoms with van der Waals surface area (Å²) in [6, 6.07) is 27.2. The lowest BCUT2D eigenvalue weighted by Gasteiger charge is -2.53. The number of ether oxygens (including phenoxy) is 4. The molecule has 2 amide bonds. The van der Waals surface area contributed by atoms with Crippen molar-refractivity contribution in [3.63, 3.8) is 0 Å². The van der Waals surface area contributed by atoms with E-state index < -0.39 is 0 Å². The highest BCUT2D eigenvalue weighted by Gasteiger charge is 2.64. The first kappa shape index (κ1) is 35.0. The molecular formula is C49H44N2O7. The Labute approximate surface area is 337 Å². The Morgan fingerprint density at radius 2 is 1.10 bits per heavy atom. The van der Waals surface area contributed by atoms with Gasteiger partial charge in [0, 0.05) is 35.3 Å². The normalized spacial score (nSPS) is 28.1. The van der Waals surface area contributed by atoms with E-state index in [9.17, 15) is 14.7 Å². The summed E-state index contributed by atoms with van der Waals surface area (Å²) in [6.07, 6.45) is 11.0. The van der Waals surface area contributed by atoms with Crippen LogP contribution < -0.4 is 9.47 Å². The number of carbonyl (C=O) groups excluding carboxylic acids is 2. The highest BCUT2D eigenvalue weighted by molar-refractivity contribution is 5.96. The van der Waals surface area contributed by atoms with Crippen molar-refractivity contribution in [3.8, 4) is 17.2 Å². The van der Waals surface area contributed by atoms with Crippen LogP contribution >= 0.6 is 0 Å². The van der Waals surface area contributed by atoms with Crippen molar-refractivity contribution in [2.24, 2.45) is 0 Å². The van der Waals surface area contributed by atoms with Gasteiger partial charge < -0.3 is 33.9 Å². The van der Waals surface area contributed by atoms with Crippen molar-refractivity contribution >= 4 is 11.8 Å². The first-order valence-electron chi connectivity index (χ1n) is 20.3. The summed E-state index contributed by atoms with van der Waals surface area (Å²) >= 11 is 0. The minimum atomic E-state index is -0.375. The van der Waals surface area contributed by atoms with E-state index in [1.807, 2.05) is 83.8 Å². The summed E-state index contributed by atoms with van der Waals surface area (Å²) in [4.78, 5) is 30.8. The lowest BCUT2D eigenvalue weighted by molar-refractivity contribution is 0.0463. The minimum absolute atomic E-state index is 0.0276. The molecule has 4 aliphatic carbocycles. The van der Waals surface area contributed by atoms with Gasteiger partial charge in [0.05, 0.1) is 37.1 Å². The summed E-state index contributed by atoms with van der Waals surface area (Å²) in [5.41, 5.74) is 9.40. The molecule has 12 rings (SSSR count). The number of amides is 2. The van der Waals surface area contributed by atoms with Gasteiger partial charge in [0.15, 0.2) is 23.7 Å². The van der Waals surface area contributed by atoms with Gasteiger partial charge in [0.25, 0.3) is 11.8 Å². The van der Waals surface area contributed by atoms with Gasteiger partial charge in [-0.05, 0) is 103 Å². The van der Waals surface area contributed by atoms with Gasteiger partial charge in [-0.2, -0.15) is 0 Å². The summed E-state index contributed by atoms with van der Waals surface area (Å²) < 4.78 is 24.2. The summed E-state index contributed by atoms with van der Waals surface area (Å²) in [5.74, 6) is 3.57. The molecule has 1 N–H and O–H groups in total. The van der Waals surface area contributed by atoms with Gasteiger partial charge in [-0.25, -0.2) is 0 Å². The molecule has 2 spiro atoms. The van der Waals surface area contributed by atoms with Crippen LogP contribution in [0.15, 0.2) is 132 Å². The molecule has 2 fully saturated rings. The van der Waals surface area contributed by atoms with E-state index >= 15 is 0 Å². The van der Waals surface area contributed by atoms with Gasteiger partial charge in [-0.3, -0.25) is 9.59 Å². The standard InChI is InChI=1S/C25H23NO3.C24H21NO4/c1-15-8-9-17-14-19-18-10-11-20(28-2)23-25(18,21(17)22(15)29-23)12-13-26(19)24(27)16-6-4-3-5-7-16;1-28-19-10-8-16-17-13-15-7-9-18(26)21-20(15)24(16,22(19)29-21)11-12-25(17)23(27)14-5-3-2-4-6-14/h3-11,19,23H,12-14H2,1-2H3;2-10,17,22,26H,11-13H2,1H3/t19-,23+,25+;17-,22+,24+/m11/s1. The molecule has 4 aliphatic heterocycles. The molecule has 4 bridgehead atoms. The predicted octanol–water partition coefficient (Wildman–Crippen LogP) is 7.27. The van der Waals surface area contributed by atoms with Crippen LogP contribution in [0.25, 0.3) is 0 Å². The fraction of sp³-hybridized carbons (Fsp3) is 0.306. The topological polar surface area (TPSA) is 97.8 Å². The number of phenols is 1. The minimum Gasteiger partial charge on any atom is -0.504 e. The lowest BCUT2D eigenvalue weighted by Crippen LogP contribution is -2.60. The van der Waals surface area contributed by atoms with Gasteiger partial charge in [-0.1, -0.05) is 66.7 Å². The number of allylic oxidation sites excluding steroid dienone is 4. The van der Waals surface area contributed by atoms with Gasteiger partial charge in [0.1, 0.15) is 17.3 Å². The molecule has 0 saturated carbocycles. The Hall–Kier alpha value is -6.22. The summed E-state index contributed by atoms with van der Waals surface area (Å²) in [6.45, 7) is 3.48. The largest absolute Gasteiger partial charge is 0.504 e. The molecule has 8 aliphatic rings. The van der Waals surface area contributed by atoms with Crippen molar-refractivity contribution in [1.29, 1.82) is 0 Å². The van der Waals surface area contributed by atoms with Crippen LogP contribution in [-0.4, -0.2) is 78.3 Å². The van der Waals surface area contributed by atoms with E-state index in [4.69, 9.17) is 18.9 Å². The Bertz CT molecular complexity index is 2380. The average Bonchev–Trinajstić information content (AvgIpc) is 3.80. The molecule has 9 nitrogen and oxygen atoms in total. The SMILES string of the molecule is COC1=CC=C2[C@H]3Cc4ccc(C)c5c4[C@@]2(CCN3C(=O)c2ccccc2)[C@H]1O5.COC1=CC=C2[C@H]3Cc4ccc(O)c5c4[C@@]2(CCN3C(=O)c2ccccc2)[C@H]1O5. The fourth-order valence-electron chi connectivity index (χ4n) is 11.7. The maximum Gasteiger partial charge on any atom is 0.254 e. The molecule has 0 unspecified atom stereocenters. The Morgan fingerprint density at radius 1 is 0.638 bits per heavy atom. The van der Waals surface area contributed by atoms with Crippen LogP contribution in [0.2, 0.25) is 0 Å². The number of hydrogen-bond acceptors (Lipinski definition) is 7. The third-order valence-electron chi connectivity index (χ3n) is 14.1. The van der Waals surface area contributed by atoms with Crippen molar-refractivity contribution in [2.45, 2.75) is 67.7 Å². The fourth-order valence-corrected chi connectivity index (χ4v) is 11.7. The number of nitrogens with zero attached hydrogens (tertiary/aromatic N) is 2. The van der Waals surface area contributed by atoms with Crippen molar-refractivity contribution in [3.05, 3.63) is 171 Å². The van der Waals surface area contributed by atoms with E-state index in [2.05, 4.69) is 36.1 Å². The van der Waals surface area contributed by atoms with Gasteiger partial charge in [0.2, 0.25) is 0 Å². The number of aromatic hydroxyl groups is 1. The molecule has 0 aromatic heterocycles. The molecule has 2 saturated heterocycles. The summed E-state index contributed by atoms with van der Waals surface area (Å²) in [7, 11) is 3.37. The smallest absolute Gasteiger partial charge is 0.254 e. The highest BCUT2D eigenvalue weighted by atomic mass is 16.5. The van der Waals surface area contributed by atoms with Crippen LogP contribution in [0.5, 0.6) is 17.2 Å². The third kappa shape index (κ3) is 4.53. The van der Waals surface area contributed by atoms with Crippen molar-refractivity contribution in [1.82, 2.24) is 9.80 Å². The molecule has 6 atom stereocenters. The molecule has 58 heavy (non-hydrogen) atoms. The zero-order chi connectivity index (χ0) is 39.5. The van der Waals surface area contributed by atoms with E-state index in [-0.39, 0.29) is 52.7 Å². The first-order valence-corrected chi connectivity index (χ1v) is 20.3. The summed E-state index contributed by atoms with van der Waals surface area (Å²) in [5, 5.41) is 10.5. The molecule has 4 aromatic carbocycles. The zero-order valence-electron chi connectivity index (χ0n) is 32.7. The maximum atomic E-state index is 13.4. The number of benzene rings is 4. The number of piperidine rings is 2. The second-order valence-corrected chi connectivity index (χ2v) is 16.6. The molecule has 292 valence electrons. The Morgan fingerprint density at radius 3 is 1.60 bits per heavy atom. The Balaban J connectivity index is 0.000000133. The number of carbonyl (C=O) groups is 2. The predicted molar refractivity (Wildman–Crippen MR) is 217 cm³/mol. The number of hydrogen-bond donors (Lipinski definition) is 1. The molecule has 4 heterocycles. The number of methoxy groups -OCH3 is 2. The van der Waals surface area contributed by atoms with Gasteiger partial charge in [-0.15, -0.1) is 0 Å². The molecule has 4 aromatic rings. The average molecular weight is 773 g/mol. The van der Waals surface area contributed by atoms with Crippen molar-refractivity contribution < 1.29 is 33.6 Å². The quantitative estimate of drug-likeness (QED) is 0.233. The third-order valence-corrected chi connectivity index (χ3v) is 14.1. The van der Waals surface area contributed by atoms with Crippen LogP contribution in [0, 0.1) is 6.92 Å². The van der Waals surface area contributed by atoms with Crippen LogP contribution in [0.3, 0.4) is 0 Å². The highest BCUT2D eigenvalue weighted by Crippen LogP contribution is 2.63. The molecule has 0 radical (unpaired) electrons. The molecule has 9 heteroatoms. The second-order valence-electron chi connectivity index (χ2n) is 16.6. The Kier molecular flexibility index (Phi) is 7.62. The van der Waals surface area contributed by atoms with Crippen LogP contribution in [0.4, 0.5) is 0 Å². The van der Waals surface area contributed by atoms with Gasteiger partial charge >= 0.3 is 0 Å². The number of likely N-dealkylation sites (tertiary alicyclic amines) is 2. The number of phenolic OH excluding ortho intramolecular Hbond substituents is 1. The van der Waals surface area contributed by atoms with Crippen LogP contribution in [-0.2, 0) is 33.1 Å².